The SMILES string of the molecule is O=C(O)CCCNc1ccc([N+](=O)[O-])c2nonc12. The van der Waals surface area contributed by atoms with Crippen LogP contribution in [0.3, 0.4) is 0 Å². The van der Waals surface area contributed by atoms with E-state index in [2.05, 4.69) is 20.3 Å². The third-order valence-corrected chi connectivity index (χ3v) is 2.47. The average molecular weight is 266 g/mol. The van der Waals surface area contributed by atoms with Crippen LogP contribution in [0.2, 0.25) is 0 Å². The van der Waals surface area contributed by atoms with Gasteiger partial charge in [0, 0.05) is 19.0 Å². The van der Waals surface area contributed by atoms with Gasteiger partial charge in [0.1, 0.15) is 0 Å². The molecule has 2 rings (SSSR count). The summed E-state index contributed by atoms with van der Waals surface area (Å²) >= 11 is 0. The third-order valence-electron chi connectivity index (χ3n) is 2.47. The number of anilines is 1. The average Bonchev–Trinajstić information content (AvgIpc) is 2.83. The molecule has 0 aliphatic heterocycles. The smallest absolute Gasteiger partial charge is 0.303 e. The van der Waals surface area contributed by atoms with Crippen LogP contribution in [0.15, 0.2) is 16.8 Å². The summed E-state index contributed by atoms with van der Waals surface area (Å²) in [6.07, 6.45) is 0.472. The van der Waals surface area contributed by atoms with Crippen molar-refractivity contribution < 1.29 is 19.5 Å². The first kappa shape index (κ1) is 12.7. The normalized spacial score (nSPS) is 10.5. The highest BCUT2D eigenvalue weighted by Gasteiger charge is 2.19. The number of carboxylic acids is 1. The van der Waals surface area contributed by atoms with E-state index in [1.165, 1.54) is 12.1 Å². The first-order chi connectivity index (χ1) is 9.09. The number of nitrogens with zero attached hydrogens (tertiary/aromatic N) is 3. The lowest BCUT2D eigenvalue weighted by Crippen LogP contribution is -2.05. The van der Waals surface area contributed by atoms with Crippen LogP contribution < -0.4 is 5.32 Å². The number of nitro groups is 1. The number of rotatable bonds is 6. The van der Waals surface area contributed by atoms with E-state index in [0.29, 0.717) is 18.7 Å². The summed E-state index contributed by atoms with van der Waals surface area (Å²) in [5.41, 5.74) is 0.650. The van der Waals surface area contributed by atoms with Crippen LogP contribution in [-0.2, 0) is 4.79 Å². The number of carbonyl (C=O) groups is 1. The Morgan fingerprint density at radius 2 is 2.16 bits per heavy atom. The fraction of sp³-hybridized carbons (Fsp3) is 0.300. The molecule has 1 aromatic carbocycles. The third kappa shape index (κ3) is 2.76. The number of nitrogens with one attached hydrogen (secondary N) is 1. The van der Waals surface area contributed by atoms with Crippen LogP contribution in [0.1, 0.15) is 12.8 Å². The molecule has 100 valence electrons. The Morgan fingerprint density at radius 1 is 1.42 bits per heavy atom. The summed E-state index contributed by atoms with van der Waals surface area (Å²) in [6.45, 7) is 0.409. The highest BCUT2D eigenvalue weighted by atomic mass is 16.6. The molecule has 0 aliphatic rings. The van der Waals surface area contributed by atoms with Crippen molar-refractivity contribution in [1.29, 1.82) is 0 Å². The lowest BCUT2D eigenvalue weighted by Gasteiger charge is -2.04. The van der Waals surface area contributed by atoms with Crippen molar-refractivity contribution in [3.8, 4) is 0 Å². The molecular weight excluding hydrogens is 256 g/mol. The number of benzene rings is 1. The van der Waals surface area contributed by atoms with E-state index in [-0.39, 0.29) is 23.1 Å². The molecule has 9 nitrogen and oxygen atoms in total. The number of aromatic nitrogens is 2. The molecule has 0 saturated carbocycles. The zero-order chi connectivity index (χ0) is 13.8. The maximum absolute atomic E-state index is 10.8. The number of aliphatic carboxylic acids is 1. The molecule has 0 aliphatic carbocycles. The molecule has 0 spiro atoms. The van der Waals surface area contributed by atoms with E-state index in [9.17, 15) is 14.9 Å². The van der Waals surface area contributed by atoms with E-state index in [1.54, 1.807) is 0 Å². The number of non-ortho nitro benzene ring substituents is 1. The predicted octanol–water partition coefficient (Wildman–Crippen LogP) is 1.41. The minimum atomic E-state index is -0.876. The van der Waals surface area contributed by atoms with E-state index < -0.39 is 10.9 Å². The molecule has 1 heterocycles. The van der Waals surface area contributed by atoms with Gasteiger partial charge in [0.05, 0.1) is 10.6 Å². The van der Waals surface area contributed by atoms with Crippen molar-refractivity contribution in [3.63, 3.8) is 0 Å². The highest BCUT2D eigenvalue weighted by molar-refractivity contribution is 5.93. The minimum absolute atomic E-state index is 0.0419. The second-order valence-corrected chi connectivity index (χ2v) is 3.77. The molecule has 0 radical (unpaired) electrons. The van der Waals surface area contributed by atoms with Crippen molar-refractivity contribution in [2.24, 2.45) is 0 Å². The summed E-state index contributed by atoms with van der Waals surface area (Å²) in [5.74, 6) is -0.876. The Bertz CT molecular complexity index is 623. The Balaban J connectivity index is 2.16. The van der Waals surface area contributed by atoms with E-state index in [1.807, 2.05) is 0 Å². The Labute approximate surface area is 106 Å². The first-order valence-corrected chi connectivity index (χ1v) is 5.45. The monoisotopic (exact) mass is 266 g/mol. The Kier molecular flexibility index (Phi) is 3.55. The van der Waals surface area contributed by atoms with Gasteiger partial charge in [-0.3, -0.25) is 14.9 Å². The maximum atomic E-state index is 10.8. The molecule has 2 aromatic rings. The second-order valence-electron chi connectivity index (χ2n) is 3.77. The molecule has 9 heteroatoms. The second kappa shape index (κ2) is 5.29. The fourth-order valence-electron chi connectivity index (χ4n) is 1.61. The molecule has 0 atom stereocenters. The predicted molar refractivity (Wildman–Crippen MR) is 63.8 cm³/mol. The largest absolute Gasteiger partial charge is 0.481 e. The van der Waals surface area contributed by atoms with Gasteiger partial charge in [-0.15, -0.1) is 0 Å². The molecule has 0 bridgehead atoms. The number of nitro benzene ring substituents is 1. The van der Waals surface area contributed by atoms with E-state index in [0.717, 1.165) is 0 Å². The fourth-order valence-corrected chi connectivity index (χ4v) is 1.61. The zero-order valence-electron chi connectivity index (χ0n) is 9.70. The molecule has 0 amide bonds. The van der Waals surface area contributed by atoms with Gasteiger partial charge in [0.15, 0.2) is 5.52 Å². The van der Waals surface area contributed by atoms with Crippen LogP contribution in [0.5, 0.6) is 0 Å². The van der Waals surface area contributed by atoms with Gasteiger partial charge in [-0.05, 0) is 22.8 Å². The summed E-state index contributed by atoms with van der Waals surface area (Å²) in [6, 6.07) is 2.79. The van der Waals surface area contributed by atoms with Gasteiger partial charge in [-0.25, -0.2) is 4.63 Å². The molecule has 19 heavy (non-hydrogen) atoms. The van der Waals surface area contributed by atoms with Gasteiger partial charge in [-0.1, -0.05) is 0 Å². The number of hydrogen-bond acceptors (Lipinski definition) is 7. The van der Waals surface area contributed by atoms with Crippen LogP contribution >= 0.6 is 0 Å². The van der Waals surface area contributed by atoms with E-state index >= 15 is 0 Å². The van der Waals surface area contributed by atoms with Crippen molar-refractivity contribution in [2.75, 3.05) is 11.9 Å². The van der Waals surface area contributed by atoms with Crippen molar-refractivity contribution >= 4 is 28.4 Å². The minimum Gasteiger partial charge on any atom is -0.481 e. The molecular formula is C10H10N4O5. The molecule has 0 saturated heterocycles. The van der Waals surface area contributed by atoms with Gasteiger partial charge in [0.2, 0.25) is 5.52 Å². The Morgan fingerprint density at radius 3 is 2.84 bits per heavy atom. The highest BCUT2D eigenvalue weighted by Crippen LogP contribution is 2.28. The summed E-state index contributed by atoms with van der Waals surface area (Å²) in [5, 5.41) is 29.3. The van der Waals surface area contributed by atoms with Crippen molar-refractivity contribution in [1.82, 2.24) is 10.3 Å². The summed E-state index contributed by atoms with van der Waals surface area (Å²) in [7, 11) is 0. The quantitative estimate of drug-likeness (QED) is 0.455. The van der Waals surface area contributed by atoms with Crippen LogP contribution in [0, 0.1) is 10.1 Å². The summed E-state index contributed by atoms with van der Waals surface area (Å²) < 4.78 is 4.50. The van der Waals surface area contributed by atoms with Crippen LogP contribution in [-0.4, -0.2) is 32.9 Å². The number of hydrogen-bond donors (Lipinski definition) is 2. The molecule has 2 N–H and O–H groups in total. The zero-order valence-corrected chi connectivity index (χ0v) is 9.70. The lowest BCUT2D eigenvalue weighted by molar-refractivity contribution is -0.383. The standard InChI is InChI=1S/C10H10N4O5/c15-8(16)2-1-5-11-6-3-4-7(14(17)18)10-9(6)12-19-13-10/h3-4,11H,1-2,5H2,(H,15,16). The maximum Gasteiger partial charge on any atom is 0.303 e. The molecule has 1 aromatic heterocycles. The Hall–Kier alpha value is -2.71. The number of carboxylic acid groups (broad SMARTS) is 1. The van der Waals surface area contributed by atoms with Crippen LogP contribution in [0.25, 0.3) is 11.0 Å². The lowest BCUT2D eigenvalue weighted by atomic mass is 10.2. The number of fused-ring (bicyclic) bond motifs is 1. The van der Waals surface area contributed by atoms with Crippen molar-refractivity contribution in [2.45, 2.75) is 12.8 Å². The van der Waals surface area contributed by atoms with Gasteiger partial charge in [0.25, 0.3) is 0 Å². The van der Waals surface area contributed by atoms with Gasteiger partial charge >= 0.3 is 11.7 Å². The van der Waals surface area contributed by atoms with Crippen LogP contribution in [0.4, 0.5) is 11.4 Å². The first-order valence-electron chi connectivity index (χ1n) is 5.45. The molecule has 0 fully saturated rings. The molecule has 0 unspecified atom stereocenters. The summed E-state index contributed by atoms with van der Waals surface area (Å²) in [4.78, 5) is 20.6. The topological polar surface area (TPSA) is 131 Å². The van der Waals surface area contributed by atoms with Gasteiger partial charge in [-0.2, -0.15) is 0 Å². The van der Waals surface area contributed by atoms with E-state index in [4.69, 9.17) is 5.11 Å². The van der Waals surface area contributed by atoms with Gasteiger partial charge < -0.3 is 10.4 Å². The van der Waals surface area contributed by atoms with Crippen molar-refractivity contribution in [3.05, 3.63) is 22.2 Å².